The van der Waals surface area contributed by atoms with Crippen LogP contribution in [0, 0.1) is 23.0 Å². The molecule has 1 atom stereocenters. The fourth-order valence-corrected chi connectivity index (χ4v) is 2.85. The van der Waals surface area contributed by atoms with Crippen LogP contribution in [0.4, 0.5) is 5.69 Å². The molecule has 0 fully saturated rings. The summed E-state index contributed by atoms with van der Waals surface area (Å²) in [7, 11) is 0. The predicted molar refractivity (Wildman–Crippen MR) is 92.2 cm³/mol. The predicted octanol–water partition coefficient (Wildman–Crippen LogP) is 3.39. The molecule has 132 valence electrons. The summed E-state index contributed by atoms with van der Waals surface area (Å²) in [5, 5.41) is 18.8. The monoisotopic (exact) mass is 384 g/mol. The lowest BCUT2D eigenvalue weighted by molar-refractivity contribution is -0.386. The van der Waals surface area contributed by atoms with Crippen LogP contribution in [0.3, 0.4) is 0 Å². The highest BCUT2D eigenvalue weighted by Gasteiger charge is 2.23. The van der Waals surface area contributed by atoms with Crippen molar-refractivity contribution in [2.24, 2.45) is 5.92 Å². The van der Waals surface area contributed by atoms with Crippen molar-refractivity contribution >= 4 is 39.9 Å². The number of H-pyrrole nitrogens is 1. The fraction of sp³-hybridized carbons (Fsp3) is 0.357. The molecule has 3 aromatic rings. The van der Waals surface area contributed by atoms with Crippen molar-refractivity contribution < 1.29 is 9.66 Å². The molecular weight excluding hydrogens is 371 g/mol. The molecule has 3 heterocycles. The lowest BCUT2D eigenvalue weighted by Gasteiger charge is -2.13. The lowest BCUT2D eigenvalue weighted by atomic mass is 10.2. The second kappa shape index (κ2) is 6.85. The van der Waals surface area contributed by atoms with E-state index in [0.29, 0.717) is 28.3 Å². The molecule has 0 spiro atoms. The number of aromatic amines is 1. The van der Waals surface area contributed by atoms with E-state index in [1.807, 2.05) is 11.5 Å². The van der Waals surface area contributed by atoms with Gasteiger partial charge in [-0.2, -0.15) is 4.98 Å². The van der Waals surface area contributed by atoms with Gasteiger partial charge in [-0.1, -0.05) is 18.5 Å². The van der Waals surface area contributed by atoms with Crippen molar-refractivity contribution in [3.05, 3.63) is 38.5 Å². The molecule has 3 rings (SSSR count). The number of aryl methyl sites for hydroxylation is 1. The van der Waals surface area contributed by atoms with Gasteiger partial charge in [0.15, 0.2) is 0 Å². The van der Waals surface area contributed by atoms with E-state index in [1.165, 1.54) is 0 Å². The Balaban J connectivity index is 1.72. The van der Waals surface area contributed by atoms with Crippen molar-refractivity contribution in [2.45, 2.75) is 20.4 Å². The van der Waals surface area contributed by atoms with Crippen LogP contribution >= 0.6 is 23.2 Å². The van der Waals surface area contributed by atoms with E-state index in [2.05, 4.69) is 20.2 Å². The van der Waals surface area contributed by atoms with Gasteiger partial charge in [0, 0.05) is 24.9 Å². The molecule has 0 aliphatic carbocycles. The average Bonchev–Trinajstić information content (AvgIpc) is 3.06. The Kier molecular flexibility index (Phi) is 4.78. The summed E-state index contributed by atoms with van der Waals surface area (Å²) >= 11 is 12.0. The van der Waals surface area contributed by atoms with E-state index in [-0.39, 0.29) is 29.4 Å². The van der Waals surface area contributed by atoms with E-state index in [9.17, 15) is 10.1 Å². The maximum absolute atomic E-state index is 11.0. The molecule has 0 aliphatic rings. The van der Waals surface area contributed by atoms with E-state index in [0.717, 1.165) is 0 Å². The van der Waals surface area contributed by atoms with Crippen LogP contribution in [0.5, 0.6) is 5.88 Å². The van der Waals surface area contributed by atoms with Crippen molar-refractivity contribution in [3.8, 4) is 5.88 Å². The highest BCUT2D eigenvalue weighted by Crippen LogP contribution is 2.28. The average molecular weight is 385 g/mol. The third kappa shape index (κ3) is 3.52. The normalized spacial score (nSPS) is 12.5. The maximum Gasteiger partial charge on any atom is 0.352 e. The minimum absolute atomic E-state index is 0.0111. The van der Waals surface area contributed by atoms with Crippen molar-refractivity contribution in [1.29, 1.82) is 0 Å². The summed E-state index contributed by atoms with van der Waals surface area (Å²) in [6.45, 7) is 4.28. The van der Waals surface area contributed by atoms with Crippen LogP contribution in [0.2, 0.25) is 10.3 Å². The Morgan fingerprint density at radius 1 is 1.48 bits per heavy atom. The summed E-state index contributed by atoms with van der Waals surface area (Å²) in [5.41, 5.74) is 0.821. The van der Waals surface area contributed by atoms with Gasteiger partial charge in [-0.15, -0.1) is 5.10 Å². The SMILES string of the molecule is Cc1[nH]nc(OCC(C)Cn2cc(Cl)c3cnc(Cl)nc32)c1[N+](=O)[O-]. The summed E-state index contributed by atoms with van der Waals surface area (Å²) in [6.07, 6.45) is 3.31. The second-order valence-electron chi connectivity index (χ2n) is 5.68. The van der Waals surface area contributed by atoms with E-state index >= 15 is 0 Å². The first-order valence-corrected chi connectivity index (χ1v) is 8.11. The minimum Gasteiger partial charge on any atom is -0.471 e. The number of halogens is 2. The number of nitrogens with zero attached hydrogens (tertiary/aromatic N) is 5. The zero-order valence-electron chi connectivity index (χ0n) is 13.4. The highest BCUT2D eigenvalue weighted by molar-refractivity contribution is 6.35. The van der Waals surface area contributed by atoms with Crippen LogP contribution in [0.25, 0.3) is 11.0 Å². The van der Waals surface area contributed by atoms with Crippen LogP contribution in [0.1, 0.15) is 12.6 Å². The molecule has 0 aromatic carbocycles. The first kappa shape index (κ1) is 17.4. The van der Waals surface area contributed by atoms with Gasteiger partial charge in [0.25, 0.3) is 0 Å². The molecule has 11 heteroatoms. The summed E-state index contributed by atoms with van der Waals surface area (Å²) < 4.78 is 7.36. The topological polar surface area (TPSA) is 112 Å². The quantitative estimate of drug-likeness (QED) is 0.395. The van der Waals surface area contributed by atoms with Gasteiger partial charge in [-0.25, -0.2) is 4.98 Å². The second-order valence-corrected chi connectivity index (χ2v) is 6.43. The maximum atomic E-state index is 11.0. The number of fused-ring (bicyclic) bond motifs is 1. The van der Waals surface area contributed by atoms with Gasteiger partial charge < -0.3 is 9.30 Å². The van der Waals surface area contributed by atoms with E-state index in [4.69, 9.17) is 27.9 Å². The molecular formula is C14H14Cl2N6O3. The van der Waals surface area contributed by atoms with Gasteiger partial charge in [-0.05, 0) is 18.5 Å². The molecule has 1 unspecified atom stereocenters. The summed E-state index contributed by atoms with van der Waals surface area (Å²) in [5.74, 6) is -0.00728. The molecule has 1 N–H and O–H groups in total. The number of rotatable bonds is 6. The van der Waals surface area contributed by atoms with Crippen LogP contribution in [-0.4, -0.2) is 36.3 Å². The Morgan fingerprint density at radius 3 is 2.96 bits per heavy atom. The molecule has 3 aromatic heterocycles. The number of nitrogens with one attached hydrogen (secondary N) is 1. The van der Waals surface area contributed by atoms with Crippen molar-refractivity contribution in [3.63, 3.8) is 0 Å². The zero-order chi connectivity index (χ0) is 18.1. The third-order valence-corrected chi connectivity index (χ3v) is 4.10. The smallest absolute Gasteiger partial charge is 0.352 e. The van der Waals surface area contributed by atoms with Gasteiger partial charge in [0.1, 0.15) is 11.3 Å². The van der Waals surface area contributed by atoms with E-state index < -0.39 is 4.92 Å². The summed E-state index contributed by atoms with van der Waals surface area (Å²) in [4.78, 5) is 18.6. The Morgan fingerprint density at radius 2 is 2.24 bits per heavy atom. The van der Waals surface area contributed by atoms with E-state index in [1.54, 1.807) is 19.3 Å². The Bertz CT molecular complexity index is 938. The van der Waals surface area contributed by atoms with Gasteiger partial charge in [0.05, 0.1) is 21.9 Å². The van der Waals surface area contributed by atoms with Gasteiger partial charge in [-0.3, -0.25) is 15.2 Å². The number of hydrogen-bond donors (Lipinski definition) is 1. The number of ether oxygens (including phenoxy) is 1. The van der Waals surface area contributed by atoms with Crippen LogP contribution in [0.15, 0.2) is 12.4 Å². The number of nitro groups is 1. The highest BCUT2D eigenvalue weighted by atomic mass is 35.5. The zero-order valence-corrected chi connectivity index (χ0v) is 14.9. The summed E-state index contributed by atoms with van der Waals surface area (Å²) in [6, 6.07) is 0. The first-order valence-electron chi connectivity index (χ1n) is 7.35. The van der Waals surface area contributed by atoms with Crippen LogP contribution in [-0.2, 0) is 6.54 Å². The fourth-order valence-electron chi connectivity index (χ4n) is 2.47. The molecule has 0 amide bonds. The van der Waals surface area contributed by atoms with Crippen LogP contribution < -0.4 is 4.74 Å². The van der Waals surface area contributed by atoms with Crippen molar-refractivity contribution in [2.75, 3.05) is 6.61 Å². The molecule has 0 saturated heterocycles. The molecule has 0 saturated carbocycles. The number of hydrogen-bond acceptors (Lipinski definition) is 6. The molecule has 9 nitrogen and oxygen atoms in total. The lowest BCUT2D eigenvalue weighted by Crippen LogP contribution is -2.16. The Labute approximate surface area is 152 Å². The molecule has 0 bridgehead atoms. The third-order valence-electron chi connectivity index (χ3n) is 3.62. The largest absolute Gasteiger partial charge is 0.471 e. The molecule has 0 aliphatic heterocycles. The van der Waals surface area contributed by atoms with Crippen molar-refractivity contribution in [1.82, 2.24) is 24.7 Å². The van der Waals surface area contributed by atoms with Gasteiger partial charge in [0.2, 0.25) is 5.28 Å². The first-order chi connectivity index (χ1) is 11.9. The Hall–Kier alpha value is -2.39. The standard InChI is InChI=1S/C14H14Cl2N6O3/c1-7(6-25-13-11(22(23)24)8(2)19-20-13)4-21-5-10(15)9-3-17-14(16)18-12(9)21/h3,5,7H,4,6H2,1-2H3,(H,19,20). The molecule has 0 radical (unpaired) electrons. The molecule has 25 heavy (non-hydrogen) atoms. The van der Waals surface area contributed by atoms with Gasteiger partial charge >= 0.3 is 11.6 Å². The minimum atomic E-state index is -0.517. The number of aromatic nitrogens is 5.